The molecular formula is C26H30N4O. The van der Waals surface area contributed by atoms with Gasteiger partial charge in [-0.2, -0.15) is 5.10 Å². The van der Waals surface area contributed by atoms with Crippen molar-refractivity contribution in [1.29, 1.82) is 0 Å². The third-order valence-electron chi connectivity index (χ3n) is 8.16. The van der Waals surface area contributed by atoms with Gasteiger partial charge >= 0.3 is 0 Å². The Labute approximate surface area is 183 Å². The lowest BCUT2D eigenvalue weighted by molar-refractivity contribution is -0.0119. The van der Waals surface area contributed by atoms with Crippen molar-refractivity contribution in [3.05, 3.63) is 47.8 Å². The Morgan fingerprint density at radius 1 is 1.10 bits per heavy atom. The number of hydrogen-bond acceptors (Lipinski definition) is 3. The van der Waals surface area contributed by atoms with Crippen LogP contribution >= 0.6 is 0 Å². The molecule has 0 aliphatic heterocycles. The molecule has 0 radical (unpaired) electrons. The van der Waals surface area contributed by atoms with Gasteiger partial charge in [0.2, 0.25) is 0 Å². The molecule has 0 unspecified atom stereocenters. The molecule has 160 valence electrons. The SMILES string of the molecule is CCn1ncc(-c2cc(C(=O)NC3C4CC5CC(C4)CC3C5)c3ccccc3n2)c1C. The Morgan fingerprint density at radius 2 is 1.81 bits per heavy atom. The number of aromatic nitrogens is 3. The van der Waals surface area contributed by atoms with Crippen LogP contribution in [0.5, 0.6) is 0 Å². The lowest BCUT2D eigenvalue weighted by Crippen LogP contribution is -2.55. The van der Waals surface area contributed by atoms with Crippen molar-refractivity contribution in [3.8, 4) is 11.3 Å². The Morgan fingerprint density at radius 3 is 2.48 bits per heavy atom. The molecule has 4 bridgehead atoms. The van der Waals surface area contributed by atoms with Crippen LogP contribution in [0.15, 0.2) is 36.5 Å². The number of benzene rings is 1. The van der Waals surface area contributed by atoms with Gasteiger partial charge in [0.05, 0.1) is 23.0 Å². The summed E-state index contributed by atoms with van der Waals surface area (Å²) in [5.74, 6) is 3.19. The average Bonchev–Trinajstić information content (AvgIpc) is 3.15. The summed E-state index contributed by atoms with van der Waals surface area (Å²) in [6.07, 6.45) is 8.50. The number of carbonyl (C=O) groups excluding carboxylic acids is 1. The second-order valence-electron chi connectivity index (χ2n) is 9.96. The number of carbonyl (C=O) groups is 1. The van der Waals surface area contributed by atoms with Crippen molar-refractivity contribution >= 4 is 16.8 Å². The van der Waals surface area contributed by atoms with Crippen LogP contribution in [-0.2, 0) is 6.54 Å². The van der Waals surface area contributed by atoms with Gasteiger partial charge < -0.3 is 5.32 Å². The number of para-hydroxylation sites is 1. The summed E-state index contributed by atoms with van der Waals surface area (Å²) in [4.78, 5) is 18.5. The monoisotopic (exact) mass is 414 g/mol. The standard InChI is InChI=1S/C26H30N4O/c1-3-30-15(2)22(14-27-30)24-13-21(20-6-4-5-7-23(20)28-24)26(31)29-25-18-9-16-8-17(11-18)12-19(25)10-16/h4-7,13-14,16-19,25H,3,8-12H2,1-2H3,(H,29,31). The van der Waals surface area contributed by atoms with E-state index in [1.165, 1.54) is 32.1 Å². The summed E-state index contributed by atoms with van der Waals surface area (Å²) in [5, 5.41) is 8.90. The molecule has 1 N–H and O–H groups in total. The molecule has 0 saturated heterocycles. The minimum absolute atomic E-state index is 0.0536. The molecule has 0 spiro atoms. The van der Waals surface area contributed by atoms with E-state index in [1.54, 1.807) is 0 Å². The molecule has 4 aliphatic rings. The number of nitrogens with one attached hydrogen (secondary N) is 1. The van der Waals surface area contributed by atoms with Crippen molar-refractivity contribution in [1.82, 2.24) is 20.1 Å². The van der Waals surface area contributed by atoms with Crippen molar-refractivity contribution in [2.75, 3.05) is 0 Å². The summed E-state index contributed by atoms with van der Waals surface area (Å²) in [6, 6.07) is 10.3. The van der Waals surface area contributed by atoms with Crippen LogP contribution < -0.4 is 5.32 Å². The predicted octanol–water partition coefficient (Wildman–Crippen LogP) is 4.98. The van der Waals surface area contributed by atoms with Crippen molar-refractivity contribution in [2.24, 2.45) is 23.7 Å². The zero-order valence-corrected chi connectivity index (χ0v) is 18.3. The van der Waals surface area contributed by atoms with Crippen LogP contribution in [0.1, 0.15) is 55.1 Å². The highest BCUT2D eigenvalue weighted by atomic mass is 16.1. The first-order valence-corrected chi connectivity index (χ1v) is 11.8. The van der Waals surface area contributed by atoms with Gasteiger partial charge in [0, 0.05) is 29.2 Å². The smallest absolute Gasteiger partial charge is 0.252 e. The minimum atomic E-state index is 0.0536. The largest absolute Gasteiger partial charge is 0.349 e. The van der Waals surface area contributed by atoms with E-state index in [-0.39, 0.29) is 5.91 Å². The second kappa shape index (κ2) is 7.18. The van der Waals surface area contributed by atoms with Crippen LogP contribution in [0.4, 0.5) is 0 Å². The fourth-order valence-corrected chi connectivity index (χ4v) is 6.91. The fourth-order valence-electron chi connectivity index (χ4n) is 6.91. The number of aryl methyl sites for hydroxylation is 1. The van der Waals surface area contributed by atoms with Crippen LogP contribution in [0, 0.1) is 30.6 Å². The molecule has 4 fully saturated rings. The third kappa shape index (κ3) is 3.08. The highest BCUT2D eigenvalue weighted by Crippen LogP contribution is 2.53. The van der Waals surface area contributed by atoms with Gasteiger partial charge in [-0.1, -0.05) is 18.2 Å². The van der Waals surface area contributed by atoms with Gasteiger partial charge in [-0.3, -0.25) is 9.48 Å². The first-order valence-electron chi connectivity index (χ1n) is 11.8. The summed E-state index contributed by atoms with van der Waals surface area (Å²) in [7, 11) is 0. The van der Waals surface area contributed by atoms with Crippen LogP contribution in [0.2, 0.25) is 0 Å². The number of rotatable bonds is 4. The van der Waals surface area contributed by atoms with Gasteiger partial charge in [0.15, 0.2) is 0 Å². The Bertz CT molecular complexity index is 1140. The lowest BCUT2D eigenvalue weighted by Gasteiger charge is -2.54. The van der Waals surface area contributed by atoms with E-state index in [0.717, 1.165) is 51.8 Å². The number of hydrogen-bond donors (Lipinski definition) is 1. The molecular weight excluding hydrogens is 384 g/mol. The van der Waals surface area contributed by atoms with Crippen molar-refractivity contribution in [3.63, 3.8) is 0 Å². The van der Waals surface area contributed by atoms with Gasteiger partial charge in [0.1, 0.15) is 0 Å². The highest BCUT2D eigenvalue weighted by Gasteiger charge is 2.48. The molecule has 2 heterocycles. The molecule has 5 nitrogen and oxygen atoms in total. The first-order chi connectivity index (χ1) is 15.1. The lowest BCUT2D eigenvalue weighted by atomic mass is 9.54. The Kier molecular flexibility index (Phi) is 4.41. The van der Waals surface area contributed by atoms with E-state index < -0.39 is 0 Å². The first kappa shape index (κ1) is 19.0. The molecule has 1 aromatic carbocycles. The minimum Gasteiger partial charge on any atom is -0.349 e. The maximum absolute atomic E-state index is 13.6. The van der Waals surface area contributed by atoms with E-state index in [4.69, 9.17) is 4.98 Å². The quantitative estimate of drug-likeness (QED) is 0.655. The summed E-state index contributed by atoms with van der Waals surface area (Å²) in [5.41, 5.74) is 4.50. The molecule has 7 rings (SSSR count). The maximum Gasteiger partial charge on any atom is 0.252 e. The summed E-state index contributed by atoms with van der Waals surface area (Å²) < 4.78 is 1.97. The Hall–Kier alpha value is -2.69. The predicted molar refractivity (Wildman–Crippen MR) is 122 cm³/mol. The molecule has 4 aliphatic carbocycles. The second-order valence-corrected chi connectivity index (χ2v) is 9.96. The third-order valence-corrected chi connectivity index (χ3v) is 8.16. The zero-order valence-electron chi connectivity index (χ0n) is 18.3. The van der Waals surface area contributed by atoms with E-state index in [2.05, 4.69) is 24.3 Å². The van der Waals surface area contributed by atoms with Gasteiger partial charge in [-0.15, -0.1) is 0 Å². The topological polar surface area (TPSA) is 59.8 Å². The Balaban J connectivity index is 1.37. The molecule has 0 atom stereocenters. The van der Waals surface area contributed by atoms with Crippen molar-refractivity contribution in [2.45, 2.75) is 58.5 Å². The molecule has 4 saturated carbocycles. The molecule has 5 heteroatoms. The maximum atomic E-state index is 13.6. The number of pyridine rings is 1. The van der Waals surface area contributed by atoms with E-state index in [0.29, 0.717) is 17.9 Å². The zero-order chi connectivity index (χ0) is 21.1. The van der Waals surface area contributed by atoms with E-state index in [1.807, 2.05) is 41.2 Å². The van der Waals surface area contributed by atoms with Gasteiger partial charge in [-0.05, 0) is 81.8 Å². The number of nitrogens with zero attached hydrogens (tertiary/aromatic N) is 3. The average molecular weight is 415 g/mol. The summed E-state index contributed by atoms with van der Waals surface area (Å²) >= 11 is 0. The van der Waals surface area contributed by atoms with Gasteiger partial charge in [-0.25, -0.2) is 4.98 Å². The number of amides is 1. The van der Waals surface area contributed by atoms with Crippen LogP contribution in [0.3, 0.4) is 0 Å². The molecule has 31 heavy (non-hydrogen) atoms. The molecule has 3 aromatic rings. The van der Waals surface area contributed by atoms with E-state index >= 15 is 0 Å². The summed E-state index contributed by atoms with van der Waals surface area (Å²) in [6.45, 7) is 4.97. The fraction of sp³-hybridized carbons (Fsp3) is 0.500. The van der Waals surface area contributed by atoms with Crippen molar-refractivity contribution < 1.29 is 4.79 Å². The number of fused-ring (bicyclic) bond motifs is 1. The molecule has 2 aromatic heterocycles. The van der Waals surface area contributed by atoms with Crippen LogP contribution in [-0.4, -0.2) is 26.7 Å². The van der Waals surface area contributed by atoms with E-state index in [9.17, 15) is 4.79 Å². The highest BCUT2D eigenvalue weighted by molar-refractivity contribution is 6.07. The molecule has 1 amide bonds. The van der Waals surface area contributed by atoms with Crippen LogP contribution in [0.25, 0.3) is 22.2 Å². The normalized spacial score (nSPS) is 28.9. The van der Waals surface area contributed by atoms with Gasteiger partial charge in [0.25, 0.3) is 5.91 Å².